The molecule has 1 amide bonds. The molecule has 10 heteroatoms. The molecule has 1 saturated heterocycles. The van der Waals surface area contributed by atoms with E-state index in [2.05, 4.69) is 20.1 Å². The van der Waals surface area contributed by atoms with E-state index in [-0.39, 0.29) is 5.91 Å². The highest BCUT2D eigenvalue weighted by atomic mass is 16.5. The van der Waals surface area contributed by atoms with Gasteiger partial charge in [-0.3, -0.25) is 14.4 Å². The van der Waals surface area contributed by atoms with Gasteiger partial charge in [-0.2, -0.15) is 10.1 Å². The van der Waals surface area contributed by atoms with Crippen molar-refractivity contribution in [3.05, 3.63) is 71.4 Å². The number of hydrogen-bond acceptors (Lipinski definition) is 8. The number of fused-ring (bicyclic) bond motifs is 1. The Morgan fingerprint density at radius 2 is 1.81 bits per heavy atom. The summed E-state index contributed by atoms with van der Waals surface area (Å²) in [6, 6.07) is 13.5. The molecule has 0 saturated carbocycles. The van der Waals surface area contributed by atoms with Crippen molar-refractivity contribution >= 4 is 16.9 Å². The fourth-order valence-electron chi connectivity index (χ4n) is 4.77. The molecule has 0 N–H and O–H groups in total. The third-order valence-corrected chi connectivity index (χ3v) is 6.77. The zero-order valence-corrected chi connectivity index (χ0v) is 21.0. The second kappa shape index (κ2) is 9.29. The van der Waals surface area contributed by atoms with Crippen LogP contribution in [0.3, 0.4) is 0 Å². The van der Waals surface area contributed by atoms with E-state index in [4.69, 9.17) is 13.9 Å². The molecular weight excluding hydrogens is 470 g/mol. The fraction of sp³-hybridized carbons (Fsp3) is 0.296. The van der Waals surface area contributed by atoms with Crippen molar-refractivity contribution in [2.45, 2.75) is 20.4 Å². The van der Waals surface area contributed by atoms with Crippen molar-refractivity contribution in [2.24, 2.45) is 7.05 Å². The number of carbonyl (C=O) groups is 1. The van der Waals surface area contributed by atoms with Gasteiger partial charge >= 0.3 is 0 Å². The molecule has 0 unspecified atom stereocenters. The van der Waals surface area contributed by atoms with Crippen LogP contribution in [0.25, 0.3) is 33.9 Å². The van der Waals surface area contributed by atoms with Crippen LogP contribution in [0, 0.1) is 13.8 Å². The first-order valence-electron chi connectivity index (χ1n) is 12.3. The van der Waals surface area contributed by atoms with Crippen molar-refractivity contribution in [2.75, 3.05) is 26.2 Å². The van der Waals surface area contributed by atoms with Crippen molar-refractivity contribution in [1.82, 2.24) is 34.7 Å². The standard InChI is InChI=1S/C27H27N7O3/c1-17-6-8-19(9-7-17)25-29-23(37-31-25)16-33-10-12-34(13-11-33)27(35)20-15-21(22-5-4-14-36-22)28-26-24(20)18(2)30-32(26)3/h4-9,14-15H,10-13,16H2,1-3H3. The molecule has 0 radical (unpaired) electrons. The molecule has 1 aliphatic heterocycles. The summed E-state index contributed by atoms with van der Waals surface area (Å²) in [6.45, 7) is 7.10. The Balaban J connectivity index is 1.17. The van der Waals surface area contributed by atoms with E-state index in [1.165, 1.54) is 5.56 Å². The molecule has 0 spiro atoms. The Kier molecular flexibility index (Phi) is 5.80. The van der Waals surface area contributed by atoms with Gasteiger partial charge in [0.2, 0.25) is 11.7 Å². The van der Waals surface area contributed by atoms with Crippen molar-refractivity contribution in [1.29, 1.82) is 0 Å². The zero-order chi connectivity index (χ0) is 25.5. The number of pyridine rings is 1. The van der Waals surface area contributed by atoms with Gasteiger partial charge in [0, 0.05) is 38.8 Å². The van der Waals surface area contributed by atoms with Crippen LogP contribution in [0.1, 0.15) is 27.5 Å². The summed E-state index contributed by atoms with van der Waals surface area (Å²) in [5.41, 5.74) is 4.76. The van der Waals surface area contributed by atoms with E-state index in [9.17, 15) is 4.79 Å². The van der Waals surface area contributed by atoms with Gasteiger partial charge in [-0.05, 0) is 32.0 Å². The molecule has 1 aromatic carbocycles. The SMILES string of the molecule is Cc1ccc(-c2noc(CN3CCN(C(=O)c4cc(-c5ccco5)nc5c4c(C)nn5C)CC3)n2)cc1. The largest absolute Gasteiger partial charge is 0.463 e. The Bertz CT molecular complexity index is 1560. The van der Waals surface area contributed by atoms with E-state index in [1.807, 2.05) is 68.3 Å². The predicted octanol–water partition coefficient (Wildman–Crippen LogP) is 3.85. The molecular formula is C27H27N7O3. The molecule has 1 fully saturated rings. The number of aryl methyl sites for hydroxylation is 3. The van der Waals surface area contributed by atoms with Crippen LogP contribution in [0.5, 0.6) is 0 Å². The predicted molar refractivity (Wildman–Crippen MR) is 137 cm³/mol. The average molecular weight is 498 g/mol. The minimum atomic E-state index is -0.0320. The fourth-order valence-corrected chi connectivity index (χ4v) is 4.77. The van der Waals surface area contributed by atoms with Gasteiger partial charge in [0.05, 0.1) is 29.5 Å². The molecule has 10 nitrogen and oxygen atoms in total. The molecule has 5 aromatic rings. The molecule has 0 atom stereocenters. The summed E-state index contributed by atoms with van der Waals surface area (Å²) in [5.74, 6) is 1.74. The van der Waals surface area contributed by atoms with E-state index in [0.29, 0.717) is 67.1 Å². The van der Waals surface area contributed by atoms with Gasteiger partial charge in [0.25, 0.3) is 5.91 Å². The number of nitrogens with zero attached hydrogens (tertiary/aromatic N) is 7. The third-order valence-electron chi connectivity index (χ3n) is 6.77. The lowest BCUT2D eigenvalue weighted by Gasteiger charge is -2.34. The maximum Gasteiger partial charge on any atom is 0.254 e. The summed E-state index contributed by atoms with van der Waals surface area (Å²) in [6.07, 6.45) is 1.60. The van der Waals surface area contributed by atoms with E-state index in [1.54, 1.807) is 10.9 Å². The summed E-state index contributed by atoms with van der Waals surface area (Å²) in [5, 5.41) is 9.42. The number of carbonyl (C=O) groups excluding carboxylic acids is 1. The molecule has 37 heavy (non-hydrogen) atoms. The highest BCUT2D eigenvalue weighted by Crippen LogP contribution is 2.28. The summed E-state index contributed by atoms with van der Waals surface area (Å²) in [7, 11) is 1.84. The Morgan fingerprint density at radius 3 is 2.54 bits per heavy atom. The second-order valence-electron chi connectivity index (χ2n) is 9.39. The lowest BCUT2D eigenvalue weighted by Crippen LogP contribution is -2.48. The average Bonchev–Trinajstić information content (AvgIpc) is 3.66. The van der Waals surface area contributed by atoms with Gasteiger partial charge in [0.1, 0.15) is 5.69 Å². The first kappa shape index (κ1) is 23.1. The van der Waals surface area contributed by atoms with Crippen LogP contribution in [0.2, 0.25) is 0 Å². The Labute approximate surface area is 213 Å². The Hall–Kier alpha value is -4.31. The van der Waals surface area contributed by atoms with E-state index in [0.717, 1.165) is 16.6 Å². The van der Waals surface area contributed by atoms with Gasteiger partial charge in [-0.15, -0.1) is 0 Å². The first-order chi connectivity index (χ1) is 18.0. The minimum absolute atomic E-state index is 0.0320. The molecule has 188 valence electrons. The highest BCUT2D eigenvalue weighted by Gasteiger charge is 2.27. The van der Waals surface area contributed by atoms with Crippen LogP contribution < -0.4 is 0 Å². The molecule has 4 aromatic heterocycles. The third kappa shape index (κ3) is 4.40. The Morgan fingerprint density at radius 1 is 1.03 bits per heavy atom. The van der Waals surface area contributed by atoms with Gasteiger partial charge in [-0.1, -0.05) is 35.0 Å². The number of amides is 1. The van der Waals surface area contributed by atoms with E-state index >= 15 is 0 Å². The zero-order valence-electron chi connectivity index (χ0n) is 21.0. The van der Waals surface area contributed by atoms with Crippen LogP contribution in [0.4, 0.5) is 0 Å². The van der Waals surface area contributed by atoms with E-state index < -0.39 is 0 Å². The van der Waals surface area contributed by atoms with Crippen molar-refractivity contribution < 1.29 is 13.7 Å². The summed E-state index contributed by atoms with van der Waals surface area (Å²) < 4.78 is 12.8. The van der Waals surface area contributed by atoms with Crippen LogP contribution in [-0.2, 0) is 13.6 Å². The quantitative estimate of drug-likeness (QED) is 0.360. The molecule has 5 heterocycles. The van der Waals surface area contributed by atoms with Crippen LogP contribution in [-0.4, -0.2) is 66.8 Å². The highest BCUT2D eigenvalue weighted by molar-refractivity contribution is 6.07. The summed E-state index contributed by atoms with van der Waals surface area (Å²) in [4.78, 5) is 27.1. The number of benzene rings is 1. The number of rotatable bonds is 5. The topological polar surface area (TPSA) is 106 Å². The maximum atomic E-state index is 13.7. The van der Waals surface area contributed by atoms with Gasteiger partial charge in [0.15, 0.2) is 11.4 Å². The van der Waals surface area contributed by atoms with Crippen LogP contribution in [0.15, 0.2) is 57.7 Å². The van der Waals surface area contributed by atoms with Crippen molar-refractivity contribution in [3.8, 4) is 22.8 Å². The van der Waals surface area contributed by atoms with Crippen LogP contribution >= 0.6 is 0 Å². The lowest BCUT2D eigenvalue weighted by molar-refractivity contribution is 0.0617. The second-order valence-corrected chi connectivity index (χ2v) is 9.39. The number of furan rings is 1. The van der Waals surface area contributed by atoms with Gasteiger partial charge in [-0.25, -0.2) is 4.98 Å². The molecule has 0 aliphatic carbocycles. The molecule has 0 bridgehead atoms. The van der Waals surface area contributed by atoms with Gasteiger partial charge < -0.3 is 13.8 Å². The smallest absolute Gasteiger partial charge is 0.254 e. The molecule has 1 aliphatic rings. The monoisotopic (exact) mass is 497 g/mol. The first-order valence-corrected chi connectivity index (χ1v) is 12.3. The normalized spacial score (nSPS) is 14.5. The number of hydrogen-bond donors (Lipinski definition) is 0. The number of aromatic nitrogens is 5. The maximum absolute atomic E-state index is 13.7. The summed E-state index contributed by atoms with van der Waals surface area (Å²) >= 11 is 0. The lowest BCUT2D eigenvalue weighted by atomic mass is 10.1. The molecule has 6 rings (SSSR count). The number of piperazine rings is 1. The van der Waals surface area contributed by atoms with Crippen molar-refractivity contribution in [3.63, 3.8) is 0 Å². The minimum Gasteiger partial charge on any atom is -0.463 e.